The minimum absolute atomic E-state index is 0.0888. The number of aliphatic hydroxyl groups is 1. The minimum Gasteiger partial charge on any atom is -0.395 e. The van der Waals surface area contributed by atoms with Crippen molar-refractivity contribution in [1.82, 2.24) is 15.0 Å². The van der Waals surface area contributed by atoms with Crippen molar-refractivity contribution >= 4 is 0 Å². The van der Waals surface area contributed by atoms with Crippen LogP contribution >= 0.6 is 0 Å². The van der Waals surface area contributed by atoms with Gasteiger partial charge in [0, 0.05) is 18.7 Å². The molecule has 22 heavy (non-hydrogen) atoms. The van der Waals surface area contributed by atoms with Crippen molar-refractivity contribution in [3.05, 3.63) is 48.4 Å². The summed E-state index contributed by atoms with van der Waals surface area (Å²) in [7, 11) is 0. The molecule has 0 saturated heterocycles. The molecule has 0 unspecified atom stereocenters. The van der Waals surface area contributed by atoms with Crippen LogP contribution in [0.4, 0.5) is 0 Å². The number of hydrogen-bond acceptors (Lipinski definition) is 5. The van der Waals surface area contributed by atoms with Gasteiger partial charge in [0.1, 0.15) is 0 Å². The molecule has 0 atom stereocenters. The Morgan fingerprint density at radius 2 is 2.05 bits per heavy atom. The molecular formula is C17H23N3O2. The number of hydrogen-bond donors (Lipinski definition) is 1. The fourth-order valence-electron chi connectivity index (χ4n) is 2.20. The summed E-state index contributed by atoms with van der Waals surface area (Å²) in [6, 6.07) is 8.20. The first-order chi connectivity index (χ1) is 10.6. The Balaban J connectivity index is 2.08. The van der Waals surface area contributed by atoms with Gasteiger partial charge in [0.05, 0.1) is 13.2 Å². The standard InChI is InChI=1S/C17H23N3O2/c1-4-9-20(10-11-21)12-16-18-17(19-22-16)15-7-5-14(6-8-15)13(2)3/h4-8,13,21H,1,9-12H2,2-3H3. The Kier molecular flexibility index (Phi) is 5.86. The Bertz CT molecular complexity index is 590. The molecule has 1 N–H and O–H groups in total. The highest BCUT2D eigenvalue weighted by molar-refractivity contribution is 5.54. The van der Waals surface area contributed by atoms with Crippen LogP contribution in [0.2, 0.25) is 0 Å². The lowest BCUT2D eigenvalue weighted by atomic mass is 10.0. The van der Waals surface area contributed by atoms with Gasteiger partial charge in [-0.15, -0.1) is 6.58 Å². The normalized spacial score (nSPS) is 11.3. The van der Waals surface area contributed by atoms with E-state index in [4.69, 9.17) is 9.63 Å². The summed E-state index contributed by atoms with van der Waals surface area (Å²) in [5, 5.41) is 13.1. The molecule has 1 aromatic heterocycles. The van der Waals surface area contributed by atoms with E-state index in [0.717, 1.165) is 5.56 Å². The van der Waals surface area contributed by atoms with Crippen molar-refractivity contribution in [1.29, 1.82) is 0 Å². The van der Waals surface area contributed by atoms with Gasteiger partial charge >= 0.3 is 0 Å². The molecule has 0 saturated carbocycles. The van der Waals surface area contributed by atoms with Crippen LogP contribution in [0.1, 0.15) is 31.2 Å². The van der Waals surface area contributed by atoms with Crippen molar-refractivity contribution in [3.8, 4) is 11.4 Å². The van der Waals surface area contributed by atoms with Crippen LogP contribution in [0.15, 0.2) is 41.4 Å². The predicted octanol–water partition coefficient (Wildman–Crippen LogP) is 2.84. The van der Waals surface area contributed by atoms with Gasteiger partial charge in [-0.25, -0.2) is 0 Å². The first kappa shape index (κ1) is 16.4. The zero-order valence-corrected chi connectivity index (χ0v) is 13.2. The molecule has 2 aromatic rings. The lowest BCUT2D eigenvalue weighted by molar-refractivity contribution is 0.186. The van der Waals surface area contributed by atoms with Gasteiger partial charge in [-0.05, 0) is 11.5 Å². The summed E-state index contributed by atoms with van der Waals surface area (Å²) in [5.41, 5.74) is 2.23. The predicted molar refractivity (Wildman–Crippen MR) is 86.4 cm³/mol. The van der Waals surface area contributed by atoms with Crippen molar-refractivity contribution in [3.63, 3.8) is 0 Å². The summed E-state index contributed by atoms with van der Waals surface area (Å²) in [5.74, 6) is 1.63. The quantitative estimate of drug-likeness (QED) is 0.760. The number of aliphatic hydroxyl groups excluding tert-OH is 1. The van der Waals surface area contributed by atoms with E-state index in [0.29, 0.717) is 37.3 Å². The van der Waals surface area contributed by atoms with Crippen LogP contribution < -0.4 is 0 Å². The monoisotopic (exact) mass is 301 g/mol. The summed E-state index contributed by atoms with van der Waals surface area (Å²) in [6.07, 6.45) is 1.79. The molecule has 1 aromatic carbocycles. The van der Waals surface area contributed by atoms with Crippen molar-refractivity contribution < 1.29 is 9.63 Å². The molecule has 2 rings (SSSR count). The van der Waals surface area contributed by atoms with Gasteiger partial charge in [-0.2, -0.15) is 4.98 Å². The molecule has 0 aliphatic carbocycles. The first-order valence-corrected chi connectivity index (χ1v) is 7.51. The molecule has 5 heteroatoms. The van der Waals surface area contributed by atoms with Crippen molar-refractivity contribution in [2.45, 2.75) is 26.3 Å². The van der Waals surface area contributed by atoms with Crippen molar-refractivity contribution in [2.75, 3.05) is 19.7 Å². The molecule has 0 amide bonds. The second-order valence-corrected chi connectivity index (χ2v) is 5.54. The van der Waals surface area contributed by atoms with Gasteiger partial charge in [0.2, 0.25) is 11.7 Å². The van der Waals surface area contributed by atoms with E-state index >= 15 is 0 Å². The second kappa shape index (κ2) is 7.87. The molecular weight excluding hydrogens is 278 g/mol. The molecule has 5 nitrogen and oxygen atoms in total. The molecule has 118 valence electrons. The van der Waals surface area contributed by atoms with Gasteiger partial charge in [-0.3, -0.25) is 4.90 Å². The van der Waals surface area contributed by atoms with Crippen LogP contribution in [0.3, 0.4) is 0 Å². The highest BCUT2D eigenvalue weighted by Gasteiger charge is 2.12. The number of rotatable bonds is 8. The first-order valence-electron chi connectivity index (χ1n) is 7.51. The van der Waals surface area contributed by atoms with Gasteiger partial charge in [0.15, 0.2) is 0 Å². The third kappa shape index (κ3) is 4.26. The number of benzene rings is 1. The van der Waals surface area contributed by atoms with Gasteiger partial charge in [-0.1, -0.05) is 49.3 Å². The third-order valence-electron chi connectivity index (χ3n) is 3.47. The van der Waals surface area contributed by atoms with E-state index < -0.39 is 0 Å². The molecule has 0 aliphatic heterocycles. The molecule has 0 radical (unpaired) electrons. The van der Waals surface area contributed by atoms with Gasteiger partial charge < -0.3 is 9.63 Å². The molecule has 0 aliphatic rings. The maximum Gasteiger partial charge on any atom is 0.241 e. The van der Waals surface area contributed by atoms with Crippen LogP contribution in [0.25, 0.3) is 11.4 Å². The van der Waals surface area contributed by atoms with E-state index in [-0.39, 0.29) is 6.61 Å². The average Bonchev–Trinajstić information content (AvgIpc) is 2.96. The molecule has 0 bridgehead atoms. The van der Waals surface area contributed by atoms with E-state index in [1.54, 1.807) is 6.08 Å². The van der Waals surface area contributed by atoms with Crippen LogP contribution in [0.5, 0.6) is 0 Å². The fourth-order valence-corrected chi connectivity index (χ4v) is 2.20. The SMILES string of the molecule is C=CCN(CCO)Cc1nc(-c2ccc(C(C)C)cc2)no1. The Morgan fingerprint density at radius 3 is 2.64 bits per heavy atom. The minimum atomic E-state index is 0.0888. The Morgan fingerprint density at radius 1 is 1.32 bits per heavy atom. The number of nitrogens with zero attached hydrogens (tertiary/aromatic N) is 3. The molecule has 0 spiro atoms. The third-order valence-corrected chi connectivity index (χ3v) is 3.47. The maximum atomic E-state index is 9.05. The molecule has 0 fully saturated rings. The van der Waals surface area contributed by atoms with Crippen molar-refractivity contribution in [2.24, 2.45) is 0 Å². The fraction of sp³-hybridized carbons (Fsp3) is 0.412. The largest absolute Gasteiger partial charge is 0.395 e. The van der Waals surface area contributed by atoms with Crippen LogP contribution in [0, 0.1) is 0 Å². The van der Waals surface area contributed by atoms with E-state index in [2.05, 4.69) is 42.7 Å². The topological polar surface area (TPSA) is 62.4 Å². The highest BCUT2D eigenvalue weighted by Crippen LogP contribution is 2.20. The number of aromatic nitrogens is 2. The highest BCUT2D eigenvalue weighted by atomic mass is 16.5. The van der Waals surface area contributed by atoms with E-state index in [1.165, 1.54) is 5.56 Å². The maximum absolute atomic E-state index is 9.05. The van der Waals surface area contributed by atoms with Crippen LogP contribution in [-0.4, -0.2) is 39.8 Å². The van der Waals surface area contributed by atoms with E-state index in [1.807, 2.05) is 17.0 Å². The molecule has 1 heterocycles. The summed E-state index contributed by atoms with van der Waals surface area (Å²) >= 11 is 0. The van der Waals surface area contributed by atoms with E-state index in [9.17, 15) is 0 Å². The zero-order valence-electron chi connectivity index (χ0n) is 13.2. The zero-order chi connectivity index (χ0) is 15.9. The average molecular weight is 301 g/mol. The lowest BCUT2D eigenvalue weighted by Crippen LogP contribution is -2.26. The second-order valence-electron chi connectivity index (χ2n) is 5.54. The lowest BCUT2D eigenvalue weighted by Gasteiger charge is -2.16. The van der Waals surface area contributed by atoms with Gasteiger partial charge in [0.25, 0.3) is 0 Å². The smallest absolute Gasteiger partial charge is 0.241 e. The summed E-state index contributed by atoms with van der Waals surface area (Å²) in [6.45, 7) is 9.85. The Hall–Kier alpha value is -1.98. The summed E-state index contributed by atoms with van der Waals surface area (Å²) < 4.78 is 5.30. The van der Waals surface area contributed by atoms with Crippen LogP contribution in [-0.2, 0) is 6.54 Å². The Labute approximate surface area is 131 Å². The summed E-state index contributed by atoms with van der Waals surface area (Å²) in [4.78, 5) is 6.42.